The van der Waals surface area contributed by atoms with Crippen molar-refractivity contribution in [3.05, 3.63) is 35.9 Å². The number of aliphatic hydroxyl groups is 1. The van der Waals surface area contributed by atoms with E-state index in [1.54, 1.807) is 19.0 Å². The Balaban J connectivity index is 2.76. The Labute approximate surface area is 109 Å². The van der Waals surface area contributed by atoms with Gasteiger partial charge in [-0.25, -0.2) is 0 Å². The average Bonchev–Trinajstić information content (AvgIpc) is 2.36. The summed E-state index contributed by atoms with van der Waals surface area (Å²) < 4.78 is 0. The fourth-order valence-electron chi connectivity index (χ4n) is 1.90. The minimum absolute atomic E-state index is 0.0661. The van der Waals surface area contributed by atoms with E-state index in [-0.39, 0.29) is 18.6 Å². The lowest BCUT2D eigenvalue weighted by Gasteiger charge is -2.28. The highest BCUT2D eigenvalue weighted by atomic mass is 16.3. The predicted octanol–water partition coefficient (Wildman–Crippen LogP) is 1.13. The highest BCUT2D eigenvalue weighted by Gasteiger charge is 2.19. The van der Waals surface area contributed by atoms with Crippen molar-refractivity contribution in [1.82, 2.24) is 9.80 Å². The van der Waals surface area contributed by atoms with Gasteiger partial charge in [0.2, 0.25) is 5.91 Å². The maximum Gasteiger partial charge on any atom is 0.236 e. The molecule has 4 heteroatoms. The molecule has 0 bridgehead atoms. The third-order valence-corrected chi connectivity index (χ3v) is 3.00. The Hall–Kier alpha value is -1.39. The van der Waals surface area contributed by atoms with Crippen LogP contribution < -0.4 is 0 Å². The second-order valence-electron chi connectivity index (χ2n) is 4.64. The molecule has 0 heterocycles. The van der Waals surface area contributed by atoms with E-state index >= 15 is 0 Å². The van der Waals surface area contributed by atoms with Gasteiger partial charge in [-0.05, 0) is 19.0 Å². The Morgan fingerprint density at radius 2 is 1.83 bits per heavy atom. The molecule has 0 fully saturated rings. The van der Waals surface area contributed by atoms with E-state index in [1.165, 1.54) is 0 Å². The van der Waals surface area contributed by atoms with E-state index in [0.717, 1.165) is 5.56 Å². The smallest absolute Gasteiger partial charge is 0.236 e. The van der Waals surface area contributed by atoms with Crippen LogP contribution in [0.2, 0.25) is 0 Å². The fourth-order valence-corrected chi connectivity index (χ4v) is 1.90. The van der Waals surface area contributed by atoms with Crippen LogP contribution in [0.1, 0.15) is 18.0 Å². The number of amides is 1. The maximum atomic E-state index is 11.7. The third-order valence-electron chi connectivity index (χ3n) is 3.00. The first-order valence-electron chi connectivity index (χ1n) is 6.12. The molecule has 0 saturated carbocycles. The van der Waals surface area contributed by atoms with Gasteiger partial charge >= 0.3 is 0 Å². The maximum absolute atomic E-state index is 11.7. The van der Waals surface area contributed by atoms with Crippen LogP contribution in [0, 0.1) is 0 Å². The molecule has 0 aliphatic carbocycles. The SMILES string of the molecule is CN(C)C(=O)CN(C)C(CCO)c1ccccc1. The number of hydrogen-bond acceptors (Lipinski definition) is 3. The van der Waals surface area contributed by atoms with Gasteiger partial charge in [0.15, 0.2) is 0 Å². The molecule has 1 amide bonds. The van der Waals surface area contributed by atoms with Gasteiger partial charge in [-0.3, -0.25) is 9.69 Å². The minimum atomic E-state index is 0.0661. The topological polar surface area (TPSA) is 43.8 Å². The van der Waals surface area contributed by atoms with Crippen molar-refractivity contribution in [3.63, 3.8) is 0 Å². The standard InChI is InChI=1S/C14H22N2O2/c1-15(2)14(18)11-16(3)13(9-10-17)12-7-5-4-6-8-12/h4-8,13,17H,9-11H2,1-3H3. The van der Waals surface area contributed by atoms with Crippen molar-refractivity contribution in [3.8, 4) is 0 Å². The van der Waals surface area contributed by atoms with Crippen LogP contribution in [0.25, 0.3) is 0 Å². The van der Waals surface area contributed by atoms with E-state index in [1.807, 2.05) is 42.3 Å². The number of benzene rings is 1. The molecular weight excluding hydrogens is 228 g/mol. The van der Waals surface area contributed by atoms with Crippen LogP contribution in [0.4, 0.5) is 0 Å². The fraction of sp³-hybridized carbons (Fsp3) is 0.500. The van der Waals surface area contributed by atoms with Gasteiger partial charge in [0, 0.05) is 26.7 Å². The zero-order chi connectivity index (χ0) is 13.5. The molecule has 0 aromatic heterocycles. The highest BCUT2D eigenvalue weighted by molar-refractivity contribution is 5.77. The number of aliphatic hydroxyl groups excluding tert-OH is 1. The van der Waals surface area contributed by atoms with Crippen LogP contribution in [-0.2, 0) is 4.79 Å². The van der Waals surface area contributed by atoms with Crippen LogP contribution in [0.3, 0.4) is 0 Å². The predicted molar refractivity (Wildman–Crippen MR) is 72.2 cm³/mol. The van der Waals surface area contributed by atoms with Gasteiger partial charge in [-0.2, -0.15) is 0 Å². The summed E-state index contributed by atoms with van der Waals surface area (Å²) >= 11 is 0. The van der Waals surface area contributed by atoms with Crippen LogP contribution in [-0.4, -0.2) is 55.1 Å². The molecule has 1 unspecified atom stereocenters. The van der Waals surface area contributed by atoms with Crippen molar-refractivity contribution in [2.75, 3.05) is 34.3 Å². The Morgan fingerprint density at radius 1 is 1.22 bits per heavy atom. The number of nitrogens with zero attached hydrogens (tertiary/aromatic N) is 2. The summed E-state index contributed by atoms with van der Waals surface area (Å²) in [6.07, 6.45) is 0.626. The molecular formula is C14H22N2O2. The molecule has 100 valence electrons. The van der Waals surface area contributed by atoms with Gasteiger partial charge in [0.05, 0.1) is 6.54 Å². The summed E-state index contributed by atoms with van der Waals surface area (Å²) in [5, 5.41) is 9.17. The number of hydrogen-bond donors (Lipinski definition) is 1. The van der Waals surface area contributed by atoms with E-state index in [2.05, 4.69) is 0 Å². The van der Waals surface area contributed by atoms with Gasteiger partial charge in [-0.1, -0.05) is 30.3 Å². The second-order valence-corrected chi connectivity index (χ2v) is 4.64. The van der Waals surface area contributed by atoms with Crippen molar-refractivity contribution in [1.29, 1.82) is 0 Å². The van der Waals surface area contributed by atoms with E-state index < -0.39 is 0 Å². The molecule has 0 aliphatic rings. The molecule has 1 N–H and O–H groups in total. The average molecular weight is 250 g/mol. The molecule has 4 nitrogen and oxygen atoms in total. The lowest BCUT2D eigenvalue weighted by molar-refractivity contribution is -0.130. The monoisotopic (exact) mass is 250 g/mol. The molecule has 1 atom stereocenters. The molecule has 0 spiro atoms. The van der Waals surface area contributed by atoms with Crippen molar-refractivity contribution in [2.24, 2.45) is 0 Å². The molecule has 1 aromatic carbocycles. The van der Waals surface area contributed by atoms with Crippen LogP contribution >= 0.6 is 0 Å². The zero-order valence-electron chi connectivity index (χ0n) is 11.3. The molecule has 18 heavy (non-hydrogen) atoms. The molecule has 1 rings (SSSR count). The van der Waals surface area contributed by atoms with Gasteiger partial charge in [-0.15, -0.1) is 0 Å². The van der Waals surface area contributed by atoms with Gasteiger partial charge < -0.3 is 10.0 Å². The molecule has 0 saturated heterocycles. The van der Waals surface area contributed by atoms with Crippen molar-refractivity contribution < 1.29 is 9.90 Å². The van der Waals surface area contributed by atoms with Gasteiger partial charge in [0.1, 0.15) is 0 Å². The summed E-state index contributed by atoms with van der Waals surface area (Å²) in [6, 6.07) is 10.0. The summed E-state index contributed by atoms with van der Waals surface area (Å²) in [7, 11) is 5.41. The number of likely N-dealkylation sites (N-methyl/N-ethyl adjacent to an activating group) is 2. The minimum Gasteiger partial charge on any atom is -0.396 e. The lowest BCUT2D eigenvalue weighted by Crippen LogP contribution is -2.36. The van der Waals surface area contributed by atoms with Crippen LogP contribution in [0.15, 0.2) is 30.3 Å². The summed E-state index contributed by atoms with van der Waals surface area (Å²) in [4.78, 5) is 15.3. The largest absolute Gasteiger partial charge is 0.396 e. The molecule has 1 aromatic rings. The molecule has 0 aliphatic heterocycles. The molecule has 0 radical (unpaired) electrons. The summed E-state index contributed by atoms with van der Waals surface area (Å²) in [5.74, 6) is 0.0661. The number of carbonyl (C=O) groups is 1. The van der Waals surface area contributed by atoms with E-state index in [9.17, 15) is 4.79 Å². The second kappa shape index (κ2) is 7.13. The Morgan fingerprint density at radius 3 is 2.33 bits per heavy atom. The lowest BCUT2D eigenvalue weighted by atomic mass is 10.0. The number of carbonyl (C=O) groups excluding carboxylic acids is 1. The Kier molecular flexibility index (Phi) is 5.82. The normalized spacial score (nSPS) is 12.5. The summed E-state index contributed by atoms with van der Waals surface area (Å²) in [5.41, 5.74) is 1.13. The number of rotatable bonds is 6. The Bertz CT molecular complexity index is 365. The third kappa shape index (κ3) is 4.13. The van der Waals surface area contributed by atoms with E-state index in [4.69, 9.17) is 5.11 Å². The van der Waals surface area contributed by atoms with Crippen molar-refractivity contribution >= 4 is 5.91 Å². The van der Waals surface area contributed by atoms with Crippen molar-refractivity contribution in [2.45, 2.75) is 12.5 Å². The quantitative estimate of drug-likeness (QED) is 0.823. The first kappa shape index (κ1) is 14.7. The van der Waals surface area contributed by atoms with Gasteiger partial charge in [0.25, 0.3) is 0 Å². The zero-order valence-corrected chi connectivity index (χ0v) is 11.3. The first-order chi connectivity index (χ1) is 8.56. The summed E-state index contributed by atoms with van der Waals surface area (Å²) in [6.45, 7) is 0.465. The van der Waals surface area contributed by atoms with E-state index in [0.29, 0.717) is 13.0 Å². The first-order valence-corrected chi connectivity index (χ1v) is 6.12. The highest BCUT2D eigenvalue weighted by Crippen LogP contribution is 2.22. The van der Waals surface area contributed by atoms with Crippen LogP contribution in [0.5, 0.6) is 0 Å².